The maximum Gasteiger partial charge on any atom is 0.323 e. The molecule has 1 heterocycles. The first-order valence-electron chi connectivity index (χ1n) is 8.32. The van der Waals surface area contributed by atoms with Gasteiger partial charge in [0.1, 0.15) is 5.54 Å². The maximum atomic E-state index is 11.7. The normalized spacial score (nSPS) is 25.9. The first kappa shape index (κ1) is 16.7. The molecule has 2 rings (SSSR count). The molecule has 0 aromatic rings. The highest BCUT2D eigenvalue weighted by molar-refractivity contribution is 5.78. The first-order chi connectivity index (χ1) is 10.1. The van der Waals surface area contributed by atoms with E-state index in [1.807, 2.05) is 6.92 Å². The number of methoxy groups -OCH3 is 1. The number of aliphatic carboxylic acids is 1. The Balaban J connectivity index is 1.75. The van der Waals surface area contributed by atoms with Gasteiger partial charge in [-0.3, -0.25) is 10.1 Å². The smallest absolute Gasteiger partial charge is 0.323 e. The molecular formula is C16H30N2O3. The number of hydrogen-bond donors (Lipinski definition) is 2. The predicted octanol–water partition coefficient (Wildman–Crippen LogP) is 1.72. The van der Waals surface area contributed by atoms with E-state index in [0.29, 0.717) is 18.4 Å². The van der Waals surface area contributed by atoms with E-state index >= 15 is 0 Å². The van der Waals surface area contributed by atoms with E-state index < -0.39 is 11.5 Å². The van der Waals surface area contributed by atoms with E-state index in [2.05, 4.69) is 10.2 Å². The van der Waals surface area contributed by atoms with Crippen LogP contribution in [-0.2, 0) is 9.53 Å². The van der Waals surface area contributed by atoms with Crippen molar-refractivity contribution in [3.05, 3.63) is 0 Å². The average molecular weight is 298 g/mol. The molecule has 0 aromatic carbocycles. The second-order valence-electron chi connectivity index (χ2n) is 6.67. The number of ether oxygens (including phenoxy) is 1. The van der Waals surface area contributed by atoms with Crippen molar-refractivity contribution < 1.29 is 14.6 Å². The van der Waals surface area contributed by atoms with Crippen molar-refractivity contribution in [3.63, 3.8) is 0 Å². The van der Waals surface area contributed by atoms with Crippen LogP contribution in [0, 0.1) is 5.92 Å². The molecule has 2 aliphatic rings. The Bertz CT molecular complexity index is 346. The van der Waals surface area contributed by atoms with Gasteiger partial charge in [0.2, 0.25) is 0 Å². The number of nitrogens with zero attached hydrogens (tertiary/aromatic N) is 1. The van der Waals surface area contributed by atoms with Crippen LogP contribution in [-0.4, -0.2) is 60.9 Å². The van der Waals surface area contributed by atoms with Crippen LogP contribution in [0.15, 0.2) is 0 Å². The minimum atomic E-state index is -0.715. The highest BCUT2D eigenvalue weighted by Crippen LogP contribution is 2.28. The Hall–Kier alpha value is -0.650. The Kier molecular flexibility index (Phi) is 6.02. The summed E-state index contributed by atoms with van der Waals surface area (Å²) in [6, 6.07) is 0.430. The van der Waals surface area contributed by atoms with Crippen LogP contribution in [0.2, 0.25) is 0 Å². The quantitative estimate of drug-likeness (QED) is 0.643. The summed E-state index contributed by atoms with van der Waals surface area (Å²) in [7, 11) is 1.76. The third kappa shape index (κ3) is 4.66. The summed E-state index contributed by atoms with van der Waals surface area (Å²) in [5, 5.41) is 13.0. The molecule has 0 bridgehead atoms. The van der Waals surface area contributed by atoms with E-state index in [0.717, 1.165) is 51.9 Å². The van der Waals surface area contributed by atoms with Crippen LogP contribution in [0.3, 0.4) is 0 Å². The number of carboxylic acid groups (broad SMARTS) is 1. The van der Waals surface area contributed by atoms with Gasteiger partial charge in [-0.25, -0.2) is 0 Å². The molecule has 21 heavy (non-hydrogen) atoms. The van der Waals surface area contributed by atoms with Crippen LogP contribution >= 0.6 is 0 Å². The maximum absolute atomic E-state index is 11.7. The summed E-state index contributed by atoms with van der Waals surface area (Å²) in [5.41, 5.74) is -0.715. The molecule has 1 saturated heterocycles. The first-order valence-corrected chi connectivity index (χ1v) is 8.32. The van der Waals surface area contributed by atoms with E-state index in [9.17, 15) is 9.90 Å². The summed E-state index contributed by atoms with van der Waals surface area (Å²) < 4.78 is 5.22. The van der Waals surface area contributed by atoms with Crippen LogP contribution in [0.1, 0.15) is 45.4 Å². The molecule has 0 amide bonds. The van der Waals surface area contributed by atoms with Crippen molar-refractivity contribution in [2.45, 2.75) is 57.0 Å². The number of carboxylic acids is 1. The van der Waals surface area contributed by atoms with Crippen LogP contribution in [0.4, 0.5) is 0 Å². The van der Waals surface area contributed by atoms with Crippen LogP contribution in [0.25, 0.3) is 0 Å². The van der Waals surface area contributed by atoms with Gasteiger partial charge in [0.25, 0.3) is 0 Å². The molecule has 2 N–H and O–H groups in total. The third-order valence-electron chi connectivity index (χ3n) is 4.92. The van der Waals surface area contributed by atoms with Crippen molar-refractivity contribution >= 4 is 5.97 Å². The van der Waals surface area contributed by atoms with Gasteiger partial charge in [-0.1, -0.05) is 6.92 Å². The van der Waals surface area contributed by atoms with E-state index in [1.54, 1.807) is 7.11 Å². The lowest BCUT2D eigenvalue weighted by Gasteiger charge is -2.30. The van der Waals surface area contributed by atoms with Crippen molar-refractivity contribution in [1.29, 1.82) is 0 Å². The van der Waals surface area contributed by atoms with Gasteiger partial charge < -0.3 is 14.7 Å². The summed E-state index contributed by atoms with van der Waals surface area (Å²) in [4.78, 5) is 14.1. The van der Waals surface area contributed by atoms with Gasteiger partial charge in [0.05, 0.1) is 6.61 Å². The highest BCUT2D eigenvalue weighted by atomic mass is 16.5. The fourth-order valence-corrected chi connectivity index (χ4v) is 3.38. The fraction of sp³-hybridized carbons (Fsp3) is 0.938. The van der Waals surface area contributed by atoms with E-state index in [1.165, 1.54) is 6.42 Å². The molecule has 122 valence electrons. The van der Waals surface area contributed by atoms with Gasteiger partial charge in [-0.05, 0) is 57.5 Å². The zero-order valence-corrected chi connectivity index (χ0v) is 13.4. The van der Waals surface area contributed by atoms with Crippen molar-refractivity contribution in [2.75, 3.05) is 33.4 Å². The molecule has 2 atom stereocenters. The minimum Gasteiger partial charge on any atom is -0.480 e. The standard InChI is InChI=1S/C16H30N2O3/c1-3-16(15(19)20,17-14-5-6-14)8-4-9-18-10-7-13(11-18)12-21-2/h13-14,17H,3-12H2,1-2H3,(H,19,20). The van der Waals surface area contributed by atoms with E-state index in [-0.39, 0.29) is 0 Å². The molecule has 2 unspecified atom stereocenters. The lowest BCUT2D eigenvalue weighted by Crippen LogP contribution is -2.53. The topological polar surface area (TPSA) is 61.8 Å². The molecular weight excluding hydrogens is 268 g/mol. The van der Waals surface area contributed by atoms with Gasteiger partial charge in [0.15, 0.2) is 0 Å². The molecule has 0 radical (unpaired) electrons. The molecule has 2 fully saturated rings. The summed E-state index contributed by atoms with van der Waals surface area (Å²) in [6.07, 6.45) is 5.77. The van der Waals surface area contributed by atoms with Crippen LogP contribution in [0.5, 0.6) is 0 Å². The summed E-state index contributed by atoms with van der Waals surface area (Å²) in [6.45, 7) is 6.04. The Morgan fingerprint density at radius 3 is 2.76 bits per heavy atom. The molecule has 0 aromatic heterocycles. The largest absolute Gasteiger partial charge is 0.480 e. The lowest BCUT2D eigenvalue weighted by atomic mass is 9.90. The van der Waals surface area contributed by atoms with Crippen molar-refractivity contribution in [2.24, 2.45) is 5.92 Å². The average Bonchev–Trinajstić information content (AvgIpc) is 3.16. The van der Waals surface area contributed by atoms with Crippen molar-refractivity contribution in [1.82, 2.24) is 10.2 Å². The Labute approximate surface area is 128 Å². The molecule has 0 spiro atoms. The number of hydrogen-bond acceptors (Lipinski definition) is 4. The Morgan fingerprint density at radius 2 is 2.19 bits per heavy atom. The SMILES string of the molecule is CCC(CCCN1CCC(COC)C1)(NC1CC1)C(=O)O. The second kappa shape index (κ2) is 7.56. The summed E-state index contributed by atoms with van der Waals surface area (Å²) >= 11 is 0. The fourth-order valence-electron chi connectivity index (χ4n) is 3.38. The zero-order chi connectivity index (χ0) is 15.3. The predicted molar refractivity (Wildman–Crippen MR) is 82.5 cm³/mol. The van der Waals surface area contributed by atoms with Gasteiger partial charge in [0, 0.05) is 19.7 Å². The molecule has 5 heteroatoms. The third-order valence-corrected chi connectivity index (χ3v) is 4.92. The monoisotopic (exact) mass is 298 g/mol. The van der Waals surface area contributed by atoms with Gasteiger partial charge in [-0.15, -0.1) is 0 Å². The number of rotatable bonds is 10. The minimum absolute atomic E-state index is 0.430. The van der Waals surface area contributed by atoms with Crippen molar-refractivity contribution in [3.8, 4) is 0 Å². The van der Waals surface area contributed by atoms with Gasteiger partial charge >= 0.3 is 5.97 Å². The van der Waals surface area contributed by atoms with E-state index in [4.69, 9.17) is 4.74 Å². The lowest BCUT2D eigenvalue weighted by molar-refractivity contribution is -0.145. The molecule has 1 aliphatic carbocycles. The van der Waals surface area contributed by atoms with Crippen LogP contribution < -0.4 is 5.32 Å². The Morgan fingerprint density at radius 1 is 1.43 bits per heavy atom. The molecule has 5 nitrogen and oxygen atoms in total. The number of likely N-dealkylation sites (tertiary alicyclic amines) is 1. The van der Waals surface area contributed by atoms with Gasteiger partial charge in [-0.2, -0.15) is 0 Å². The highest BCUT2D eigenvalue weighted by Gasteiger charge is 2.40. The second-order valence-corrected chi connectivity index (χ2v) is 6.67. The molecule has 1 saturated carbocycles. The zero-order valence-electron chi connectivity index (χ0n) is 13.4. The summed E-state index contributed by atoms with van der Waals surface area (Å²) in [5.74, 6) is -0.0365. The molecule has 1 aliphatic heterocycles. The number of nitrogens with one attached hydrogen (secondary N) is 1. The number of carbonyl (C=O) groups is 1.